The summed E-state index contributed by atoms with van der Waals surface area (Å²) in [6, 6.07) is 0. The second-order valence-corrected chi connectivity index (χ2v) is 7.37. The normalized spacial score (nSPS) is 37.4. The van der Waals surface area contributed by atoms with E-state index in [-0.39, 0.29) is 5.92 Å². The molecule has 0 radical (unpaired) electrons. The molecule has 0 aliphatic heterocycles. The Kier molecular flexibility index (Phi) is 7.58. The molecule has 0 fully saturated rings. The molecule has 3 atom stereocenters. The van der Waals surface area contributed by atoms with Gasteiger partial charge in [0.15, 0.2) is 0 Å². The molecule has 0 spiro atoms. The van der Waals surface area contributed by atoms with Gasteiger partial charge in [0.25, 0.3) is 0 Å². The van der Waals surface area contributed by atoms with Crippen molar-refractivity contribution in [2.75, 3.05) is 0 Å². The molecule has 2 N–H and O–H groups in total. The highest BCUT2D eigenvalue weighted by Gasteiger charge is 2.31. The zero-order chi connectivity index (χ0) is 16.8. The van der Waals surface area contributed by atoms with Crippen molar-refractivity contribution in [2.45, 2.75) is 84.3 Å². The molecule has 2 heteroatoms. The van der Waals surface area contributed by atoms with Crippen LogP contribution in [0.3, 0.4) is 0 Å². The summed E-state index contributed by atoms with van der Waals surface area (Å²) >= 11 is 0. The SMILES string of the molecule is C=C(C)[C@@H]1CC/C(C)=C/CC/C(C)=C/CCC(C)(O)C(O)C1. The highest BCUT2D eigenvalue weighted by atomic mass is 16.3. The molecule has 0 saturated heterocycles. The maximum atomic E-state index is 10.6. The fraction of sp³-hybridized carbons (Fsp3) is 0.700. The first-order chi connectivity index (χ1) is 10.2. The van der Waals surface area contributed by atoms with E-state index in [1.54, 1.807) is 6.92 Å². The minimum atomic E-state index is -1.03. The van der Waals surface area contributed by atoms with Crippen molar-refractivity contribution >= 4 is 0 Å². The van der Waals surface area contributed by atoms with Crippen LogP contribution in [0.4, 0.5) is 0 Å². The van der Waals surface area contributed by atoms with Gasteiger partial charge in [-0.05, 0) is 78.6 Å². The molecule has 0 saturated carbocycles. The first kappa shape index (κ1) is 19.2. The highest BCUT2D eigenvalue weighted by Crippen LogP contribution is 2.29. The van der Waals surface area contributed by atoms with Crippen LogP contribution < -0.4 is 0 Å². The van der Waals surface area contributed by atoms with E-state index in [0.29, 0.717) is 12.8 Å². The Balaban J connectivity index is 2.89. The lowest BCUT2D eigenvalue weighted by Gasteiger charge is -2.32. The second kappa shape index (κ2) is 8.69. The number of aliphatic hydroxyl groups is 2. The van der Waals surface area contributed by atoms with Gasteiger partial charge >= 0.3 is 0 Å². The van der Waals surface area contributed by atoms with Crippen LogP contribution in [0.1, 0.15) is 72.6 Å². The number of hydrogen-bond acceptors (Lipinski definition) is 2. The summed E-state index contributed by atoms with van der Waals surface area (Å²) in [6.45, 7) is 12.2. The van der Waals surface area contributed by atoms with Gasteiger partial charge in [-0.25, -0.2) is 0 Å². The molecule has 1 aliphatic carbocycles. The van der Waals surface area contributed by atoms with Crippen LogP contribution in [-0.4, -0.2) is 21.9 Å². The molecule has 1 rings (SSSR count). The van der Waals surface area contributed by atoms with Gasteiger partial charge in [-0.1, -0.05) is 35.5 Å². The summed E-state index contributed by atoms with van der Waals surface area (Å²) in [6.07, 6.45) is 10.1. The molecule has 0 bridgehead atoms. The Bertz CT molecular complexity index is 429. The van der Waals surface area contributed by atoms with Gasteiger partial charge in [0, 0.05) is 0 Å². The molecule has 2 unspecified atom stereocenters. The number of hydrogen-bond donors (Lipinski definition) is 2. The Labute approximate surface area is 136 Å². The monoisotopic (exact) mass is 306 g/mol. The van der Waals surface area contributed by atoms with Crippen molar-refractivity contribution in [3.63, 3.8) is 0 Å². The van der Waals surface area contributed by atoms with Crippen LogP contribution in [0.2, 0.25) is 0 Å². The van der Waals surface area contributed by atoms with Crippen molar-refractivity contribution in [3.8, 4) is 0 Å². The van der Waals surface area contributed by atoms with Crippen molar-refractivity contribution in [2.24, 2.45) is 5.92 Å². The standard InChI is InChI=1S/C20H34O2/c1-15(2)18-12-11-17(4)9-6-8-16(3)10-7-13-20(5,22)19(21)14-18/h9-10,18-19,21-22H,1,6-8,11-14H2,2-5H3/b16-10+,17-9+/t18-,19?,20?/m1/s1. The molecule has 126 valence electrons. The molecule has 22 heavy (non-hydrogen) atoms. The fourth-order valence-corrected chi connectivity index (χ4v) is 3.02. The predicted molar refractivity (Wildman–Crippen MR) is 94.8 cm³/mol. The molecule has 0 amide bonds. The fourth-order valence-electron chi connectivity index (χ4n) is 3.02. The molecule has 0 aromatic rings. The summed E-state index contributed by atoms with van der Waals surface area (Å²) in [5.41, 5.74) is 2.86. The van der Waals surface area contributed by atoms with E-state index >= 15 is 0 Å². The van der Waals surface area contributed by atoms with Crippen molar-refractivity contribution in [3.05, 3.63) is 35.5 Å². The third-order valence-corrected chi connectivity index (χ3v) is 4.98. The van der Waals surface area contributed by atoms with Gasteiger partial charge in [-0.3, -0.25) is 0 Å². The minimum absolute atomic E-state index is 0.269. The van der Waals surface area contributed by atoms with Gasteiger partial charge in [-0.2, -0.15) is 0 Å². The summed E-state index contributed by atoms with van der Waals surface area (Å²) in [4.78, 5) is 0. The van der Waals surface area contributed by atoms with Crippen molar-refractivity contribution in [1.29, 1.82) is 0 Å². The molecular formula is C20H34O2. The maximum Gasteiger partial charge on any atom is 0.0880 e. The van der Waals surface area contributed by atoms with Crippen molar-refractivity contribution in [1.82, 2.24) is 0 Å². The Morgan fingerprint density at radius 2 is 1.77 bits per heavy atom. The van der Waals surface area contributed by atoms with E-state index in [1.807, 2.05) is 6.92 Å². The summed E-state index contributed by atoms with van der Waals surface area (Å²) in [7, 11) is 0. The smallest absolute Gasteiger partial charge is 0.0880 e. The number of rotatable bonds is 1. The van der Waals surface area contributed by atoms with Crippen LogP contribution in [0.25, 0.3) is 0 Å². The lowest BCUT2D eigenvalue weighted by Crippen LogP contribution is -2.40. The van der Waals surface area contributed by atoms with E-state index in [9.17, 15) is 10.2 Å². The predicted octanol–water partition coefficient (Wildman–Crippen LogP) is 4.93. The Hall–Kier alpha value is -0.860. The number of allylic oxidation sites excluding steroid dienone is 5. The van der Waals surface area contributed by atoms with Crippen LogP contribution in [-0.2, 0) is 0 Å². The quantitative estimate of drug-likeness (QED) is 0.674. The van der Waals surface area contributed by atoms with Gasteiger partial charge in [0.2, 0.25) is 0 Å². The first-order valence-electron chi connectivity index (χ1n) is 8.59. The Morgan fingerprint density at radius 1 is 1.18 bits per heavy atom. The van der Waals surface area contributed by atoms with Crippen LogP contribution >= 0.6 is 0 Å². The average Bonchev–Trinajstić information content (AvgIpc) is 2.41. The maximum absolute atomic E-state index is 10.6. The first-order valence-corrected chi connectivity index (χ1v) is 8.59. The molecule has 1 aliphatic rings. The van der Waals surface area contributed by atoms with Crippen LogP contribution in [0.15, 0.2) is 35.5 Å². The van der Waals surface area contributed by atoms with E-state index in [0.717, 1.165) is 37.7 Å². The van der Waals surface area contributed by atoms with E-state index in [1.165, 1.54) is 11.1 Å². The van der Waals surface area contributed by atoms with E-state index in [4.69, 9.17) is 0 Å². The third kappa shape index (κ3) is 6.50. The van der Waals surface area contributed by atoms with E-state index in [2.05, 4.69) is 32.6 Å². The minimum Gasteiger partial charge on any atom is -0.390 e. The van der Waals surface area contributed by atoms with Crippen LogP contribution in [0.5, 0.6) is 0 Å². The van der Waals surface area contributed by atoms with Gasteiger partial charge < -0.3 is 10.2 Å². The zero-order valence-corrected chi connectivity index (χ0v) is 14.9. The second-order valence-electron chi connectivity index (χ2n) is 7.37. The Morgan fingerprint density at radius 3 is 2.41 bits per heavy atom. The lowest BCUT2D eigenvalue weighted by molar-refractivity contribution is -0.0742. The topological polar surface area (TPSA) is 40.5 Å². The largest absolute Gasteiger partial charge is 0.390 e. The van der Waals surface area contributed by atoms with E-state index < -0.39 is 11.7 Å². The van der Waals surface area contributed by atoms with Crippen LogP contribution in [0, 0.1) is 5.92 Å². The summed E-state index contributed by atoms with van der Waals surface area (Å²) in [5.74, 6) is 0.269. The molecule has 0 aromatic carbocycles. The van der Waals surface area contributed by atoms with Gasteiger partial charge in [0.05, 0.1) is 11.7 Å². The molecule has 2 nitrogen and oxygen atoms in total. The third-order valence-electron chi connectivity index (χ3n) is 4.98. The molecule has 0 heterocycles. The summed E-state index contributed by atoms with van der Waals surface area (Å²) < 4.78 is 0. The molecular weight excluding hydrogens is 272 g/mol. The van der Waals surface area contributed by atoms with Gasteiger partial charge in [-0.15, -0.1) is 0 Å². The zero-order valence-electron chi connectivity index (χ0n) is 14.9. The number of aliphatic hydroxyl groups excluding tert-OH is 1. The molecule has 0 aromatic heterocycles. The average molecular weight is 306 g/mol. The summed E-state index contributed by atoms with van der Waals surface area (Å²) in [5, 5.41) is 21.0. The van der Waals surface area contributed by atoms with Gasteiger partial charge in [0.1, 0.15) is 0 Å². The van der Waals surface area contributed by atoms with Crippen molar-refractivity contribution < 1.29 is 10.2 Å². The highest BCUT2D eigenvalue weighted by molar-refractivity contribution is 5.07. The lowest BCUT2D eigenvalue weighted by atomic mass is 9.82.